The van der Waals surface area contributed by atoms with E-state index < -0.39 is 5.41 Å². The van der Waals surface area contributed by atoms with Gasteiger partial charge in [0.25, 0.3) is 0 Å². The molecule has 2 aromatic heterocycles. The molecular weight excluding hydrogens is 326 g/mol. The summed E-state index contributed by atoms with van der Waals surface area (Å²) in [4.78, 5) is 23.3. The van der Waals surface area contributed by atoms with Gasteiger partial charge in [-0.3, -0.25) is 9.78 Å². The predicted molar refractivity (Wildman–Crippen MR) is 98.7 cm³/mol. The van der Waals surface area contributed by atoms with Gasteiger partial charge in [0.2, 0.25) is 11.8 Å². The Bertz CT molecular complexity index is 1000. The molecule has 0 saturated heterocycles. The molecule has 5 rings (SSSR count). The molecule has 0 spiro atoms. The average molecular weight is 345 g/mol. The fourth-order valence-electron chi connectivity index (χ4n) is 3.67. The maximum Gasteiger partial charge on any atom is 0.237 e. The van der Waals surface area contributed by atoms with Gasteiger partial charge in [0.05, 0.1) is 11.6 Å². The van der Waals surface area contributed by atoms with Crippen LogP contribution in [0, 0.1) is 0 Å². The monoisotopic (exact) mass is 345 g/mol. The lowest BCUT2D eigenvalue weighted by molar-refractivity contribution is -0.122. The molecule has 1 aromatic carbocycles. The number of aromatic nitrogens is 2. The number of oxazole rings is 1. The molecule has 26 heavy (non-hydrogen) atoms. The predicted octanol–water partition coefficient (Wildman–Crippen LogP) is 4.19. The molecule has 0 bridgehead atoms. The molecule has 1 fully saturated rings. The van der Waals surface area contributed by atoms with Crippen LogP contribution in [0.15, 0.2) is 53.3 Å². The van der Waals surface area contributed by atoms with E-state index in [0.29, 0.717) is 17.7 Å². The van der Waals surface area contributed by atoms with Crippen LogP contribution in [0.2, 0.25) is 0 Å². The number of pyridine rings is 1. The number of hydrogen-bond acceptors (Lipinski definition) is 4. The Labute approximate surface area is 151 Å². The van der Waals surface area contributed by atoms with Gasteiger partial charge in [-0.25, -0.2) is 4.98 Å². The number of carbonyl (C=O) groups is 1. The van der Waals surface area contributed by atoms with Crippen molar-refractivity contribution in [3.05, 3.63) is 54.5 Å². The van der Waals surface area contributed by atoms with Crippen LogP contribution in [-0.2, 0) is 10.2 Å². The van der Waals surface area contributed by atoms with E-state index in [1.165, 1.54) is 0 Å². The van der Waals surface area contributed by atoms with E-state index in [4.69, 9.17) is 4.42 Å². The van der Waals surface area contributed by atoms with Crippen molar-refractivity contribution in [2.75, 3.05) is 4.90 Å². The van der Waals surface area contributed by atoms with Gasteiger partial charge in [-0.1, -0.05) is 12.1 Å². The zero-order valence-electron chi connectivity index (χ0n) is 14.8. The van der Waals surface area contributed by atoms with Crippen molar-refractivity contribution >= 4 is 11.6 Å². The second kappa shape index (κ2) is 5.27. The van der Waals surface area contributed by atoms with E-state index in [2.05, 4.69) is 22.1 Å². The number of hydrogen-bond donors (Lipinski definition) is 0. The van der Waals surface area contributed by atoms with Gasteiger partial charge in [0, 0.05) is 35.2 Å². The zero-order valence-corrected chi connectivity index (χ0v) is 14.8. The Morgan fingerprint density at radius 1 is 1.12 bits per heavy atom. The summed E-state index contributed by atoms with van der Waals surface area (Å²) in [7, 11) is 0. The van der Waals surface area contributed by atoms with Crippen LogP contribution in [0.4, 0.5) is 5.69 Å². The van der Waals surface area contributed by atoms with Gasteiger partial charge < -0.3 is 9.32 Å². The lowest BCUT2D eigenvalue weighted by Crippen LogP contribution is -2.37. The molecule has 3 aromatic rings. The van der Waals surface area contributed by atoms with Gasteiger partial charge >= 0.3 is 0 Å². The Balaban J connectivity index is 1.57. The van der Waals surface area contributed by atoms with Crippen molar-refractivity contribution in [1.82, 2.24) is 9.97 Å². The highest BCUT2D eigenvalue weighted by Gasteiger charge is 2.49. The Morgan fingerprint density at radius 2 is 1.88 bits per heavy atom. The summed E-state index contributed by atoms with van der Waals surface area (Å²) >= 11 is 0. The summed E-state index contributed by atoms with van der Waals surface area (Å²) in [5, 5.41) is 0. The van der Waals surface area contributed by atoms with Crippen LogP contribution in [0.5, 0.6) is 0 Å². The number of rotatable bonds is 3. The largest absolute Gasteiger partial charge is 0.436 e. The number of nitrogens with zero attached hydrogens (tertiary/aromatic N) is 3. The lowest BCUT2D eigenvalue weighted by Gasteiger charge is -2.19. The summed E-state index contributed by atoms with van der Waals surface area (Å²) in [5.41, 5.74) is 3.46. The standard InChI is InChI=1S/C21H19N3O2/c1-21(2)16-6-3-14(11-17(16)24(20(21)25)15-4-5-15)18-12-23-19(26-18)13-7-9-22-10-8-13/h3,6-12,15H,4-5H2,1-2H3. The first-order valence-corrected chi connectivity index (χ1v) is 8.90. The highest BCUT2D eigenvalue weighted by molar-refractivity contribution is 6.08. The van der Waals surface area contributed by atoms with E-state index in [9.17, 15) is 4.79 Å². The molecule has 0 unspecified atom stereocenters. The molecule has 2 aliphatic rings. The van der Waals surface area contributed by atoms with Crippen LogP contribution in [0.3, 0.4) is 0 Å². The van der Waals surface area contributed by atoms with Crippen molar-refractivity contribution in [3.63, 3.8) is 0 Å². The molecule has 0 N–H and O–H groups in total. The number of fused-ring (bicyclic) bond motifs is 1. The van der Waals surface area contributed by atoms with Crippen LogP contribution >= 0.6 is 0 Å². The highest BCUT2D eigenvalue weighted by atomic mass is 16.4. The first kappa shape index (κ1) is 15.3. The molecule has 0 radical (unpaired) electrons. The molecule has 3 heterocycles. The van der Waals surface area contributed by atoms with Crippen molar-refractivity contribution in [2.45, 2.75) is 38.1 Å². The van der Waals surface area contributed by atoms with Gasteiger partial charge in [-0.2, -0.15) is 0 Å². The Kier molecular flexibility index (Phi) is 3.11. The van der Waals surface area contributed by atoms with Gasteiger partial charge in [0.15, 0.2) is 5.76 Å². The van der Waals surface area contributed by atoms with Crippen LogP contribution in [-0.4, -0.2) is 21.9 Å². The molecule has 5 nitrogen and oxygen atoms in total. The third-order valence-corrected chi connectivity index (χ3v) is 5.31. The molecule has 1 amide bonds. The third-order valence-electron chi connectivity index (χ3n) is 5.31. The summed E-state index contributed by atoms with van der Waals surface area (Å²) in [5.74, 6) is 1.47. The normalized spacial score (nSPS) is 18.2. The highest BCUT2D eigenvalue weighted by Crippen LogP contribution is 2.47. The Hall–Kier alpha value is -2.95. The summed E-state index contributed by atoms with van der Waals surface area (Å²) in [6, 6.07) is 10.2. The quantitative estimate of drug-likeness (QED) is 0.714. The first-order valence-electron chi connectivity index (χ1n) is 8.90. The number of carbonyl (C=O) groups excluding carboxylic acids is 1. The zero-order chi connectivity index (χ0) is 17.9. The Morgan fingerprint density at radius 3 is 2.62 bits per heavy atom. The average Bonchev–Trinajstić information content (AvgIpc) is 3.31. The fourth-order valence-corrected chi connectivity index (χ4v) is 3.67. The van der Waals surface area contributed by atoms with Crippen LogP contribution in [0.1, 0.15) is 32.3 Å². The minimum absolute atomic E-state index is 0.196. The van der Waals surface area contributed by atoms with Gasteiger partial charge in [-0.15, -0.1) is 0 Å². The molecular formula is C21H19N3O2. The summed E-state index contributed by atoms with van der Waals surface area (Å²) in [6.07, 6.45) is 7.34. The minimum Gasteiger partial charge on any atom is -0.436 e. The van der Waals surface area contributed by atoms with E-state index >= 15 is 0 Å². The maximum absolute atomic E-state index is 12.9. The summed E-state index contributed by atoms with van der Waals surface area (Å²) in [6.45, 7) is 4.01. The SMILES string of the molecule is CC1(C)C(=O)N(C2CC2)c2cc(-c3cnc(-c4ccncc4)o3)ccc21. The van der Waals surface area contributed by atoms with E-state index in [1.807, 2.05) is 36.9 Å². The second-order valence-corrected chi connectivity index (χ2v) is 7.53. The molecule has 1 aliphatic carbocycles. The van der Waals surface area contributed by atoms with E-state index in [0.717, 1.165) is 35.2 Å². The first-order chi connectivity index (χ1) is 12.6. The van der Waals surface area contributed by atoms with Crippen molar-refractivity contribution in [1.29, 1.82) is 0 Å². The topological polar surface area (TPSA) is 59.2 Å². The maximum atomic E-state index is 12.9. The molecule has 1 saturated carbocycles. The van der Waals surface area contributed by atoms with Crippen LogP contribution in [0.25, 0.3) is 22.8 Å². The van der Waals surface area contributed by atoms with Crippen molar-refractivity contribution in [2.24, 2.45) is 0 Å². The third kappa shape index (κ3) is 2.20. The summed E-state index contributed by atoms with van der Waals surface area (Å²) < 4.78 is 5.96. The van der Waals surface area contributed by atoms with Crippen molar-refractivity contribution < 1.29 is 9.21 Å². The number of anilines is 1. The second-order valence-electron chi connectivity index (χ2n) is 7.53. The molecule has 130 valence electrons. The smallest absolute Gasteiger partial charge is 0.237 e. The van der Waals surface area contributed by atoms with Gasteiger partial charge in [-0.05, 0) is 50.5 Å². The van der Waals surface area contributed by atoms with E-state index in [-0.39, 0.29) is 5.91 Å². The number of benzene rings is 1. The molecule has 5 heteroatoms. The molecule has 0 atom stereocenters. The van der Waals surface area contributed by atoms with Gasteiger partial charge in [0.1, 0.15) is 0 Å². The minimum atomic E-state index is -0.472. The molecule has 1 aliphatic heterocycles. The fraction of sp³-hybridized carbons (Fsp3) is 0.286. The lowest BCUT2D eigenvalue weighted by atomic mass is 9.86. The van der Waals surface area contributed by atoms with Crippen LogP contribution < -0.4 is 4.90 Å². The number of amides is 1. The van der Waals surface area contributed by atoms with E-state index in [1.54, 1.807) is 18.6 Å². The van der Waals surface area contributed by atoms with Crippen molar-refractivity contribution in [3.8, 4) is 22.8 Å².